The van der Waals surface area contributed by atoms with Crippen molar-refractivity contribution >= 4 is 22.0 Å². The summed E-state index contributed by atoms with van der Waals surface area (Å²) in [6.45, 7) is 2.47. The Morgan fingerprint density at radius 1 is 1.47 bits per heavy atom. The molecule has 0 radical (unpaired) electrons. The summed E-state index contributed by atoms with van der Waals surface area (Å²) in [5, 5.41) is 0. The van der Waals surface area contributed by atoms with Gasteiger partial charge in [-0.25, -0.2) is 4.79 Å². The number of hydrogen-bond donors (Lipinski definition) is 0. The number of ether oxygens (including phenoxy) is 2. The molecule has 2 rings (SSSR count). The third-order valence-corrected chi connectivity index (χ3v) is 4.08. The average Bonchev–Trinajstić information content (AvgIpc) is 2.34. The molecule has 0 aliphatic heterocycles. The second kappa shape index (κ2) is 5.76. The maximum atomic E-state index is 10.6. The molecule has 0 bridgehead atoms. The summed E-state index contributed by atoms with van der Waals surface area (Å²) in [5.74, 6) is 1.33. The average molecular weight is 326 g/mol. The topological polar surface area (TPSA) is 47.9 Å². The first-order chi connectivity index (χ1) is 9.16. The Labute approximate surface area is 120 Å². The van der Waals surface area contributed by atoms with Gasteiger partial charge in [0.1, 0.15) is 0 Å². The molecular formula is C14H16BrNO3. The van der Waals surface area contributed by atoms with E-state index in [1.54, 1.807) is 13.2 Å². The fourth-order valence-corrected chi connectivity index (χ4v) is 2.97. The zero-order valence-corrected chi connectivity index (χ0v) is 12.6. The van der Waals surface area contributed by atoms with E-state index in [4.69, 9.17) is 9.47 Å². The van der Waals surface area contributed by atoms with E-state index in [-0.39, 0.29) is 0 Å². The molecule has 1 aromatic rings. The monoisotopic (exact) mass is 325 g/mol. The second-order valence-electron chi connectivity index (χ2n) is 4.51. The maximum absolute atomic E-state index is 10.6. The Morgan fingerprint density at radius 2 is 2.21 bits per heavy atom. The molecule has 1 fully saturated rings. The zero-order valence-electron chi connectivity index (χ0n) is 11.0. The van der Waals surface area contributed by atoms with Crippen LogP contribution in [0.2, 0.25) is 0 Å². The molecule has 4 nitrogen and oxygen atoms in total. The van der Waals surface area contributed by atoms with Gasteiger partial charge in [-0.1, -0.05) is 0 Å². The van der Waals surface area contributed by atoms with Crippen molar-refractivity contribution in [3.8, 4) is 11.5 Å². The van der Waals surface area contributed by atoms with Crippen LogP contribution >= 0.6 is 15.9 Å². The number of nitrogens with zero attached hydrogens (tertiary/aromatic N) is 1. The molecule has 5 heteroatoms. The quantitative estimate of drug-likeness (QED) is 0.614. The van der Waals surface area contributed by atoms with E-state index in [1.807, 2.05) is 19.1 Å². The first-order valence-electron chi connectivity index (χ1n) is 6.26. The molecule has 0 aromatic heterocycles. The van der Waals surface area contributed by atoms with Gasteiger partial charge in [-0.05, 0) is 59.8 Å². The lowest BCUT2D eigenvalue weighted by molar-refractivity contribution is 0.252. The summed E-state index contributed by atoms with van der Waals surface area (Å²) >= 11 is 3.48. The van der Waals surface area contributed by atoms with Crippen LogP contribution in [-0.2, 0) is 10.3 Å². The van der Waals surface area contributed by atoms with Crippen LogP contribution in [0.5, 0.6) is 11.5 Å². The molecule has 102 valence electrons. The van der Waals surface area contributed by atoms with Crippen molar-refractivity contribution < 1.29 is 14.3 Å². The third-order valence-electron chi connectivity index (χ3n) is 3.49. The van der Waals surface area contributed by atoms with Crippen LogP contribution in [-0.4, -0.2) is 19.8 Å². The first-order valence-corrected chi connectivity index (χ1v) is 7.06. The predicted octanol–water partition coefficient (Wildman–Crippen LogP) is 3.57. The minimum Gasteiger partial charge on any atom is -0.492 e. The summed E-state index contributed by atoms with van der Waals surface area (Å²) in [5.41, 5.74) is 0.542. The standard InChI is InChI=1S/C14H16BrNO3/c1-3-19-12-8-10(7-11(15)13(12)18-2)14(16-9-17)5-4-6-14/h7-8H,3-6H2,1-2H3. The number of aliphatic imine (C=N–C) groups is 1. The van der Waals surface area contributed by atoms with Crippen molar-refractivity contribution in [2.75, 3.05) is 13.7 Å². The van der Waals surface area contributed by atoms with Crippen molar-refractivity contribution in [3.63, 3.8) is 0 Å². The summed E-state index contributed by atoms with van der Waals surface area (Å²) < 4.78 is 11.7. The molecule has 19 heavy (non-hydrogen) atoms. The van der Waals surface area contributed by atoms with Gasteiger partial charge in [-0.15, -0.1) is 0 Å². The van der Waals surface area contributed by atoms with Gasteiger partial charge in [0.15, 0.2) is 11.5 Å². The largest absolute Gasteiger partial charge is 0.492 e. The Morgan fingerprint density at radius 3 is 2.68 bits per heavy atom. The fraction of sp³-hybridized carbons (Fsp3) is 0.500. The van der Waals surface area contributed by atoms with Crippen molar-refractivity contribution in [2.24, 2.45) is 4.99 Å². The van der Waals surface area contributed by atoms with E-state index < -0.39 is 5.54 Å². The van der Waals surface area contributed by atoms with E-state index in [9.17, 15) is 4.79 Å². The molecular weight excluding hydrogens is 310 g/mol. The second-order valence-corrected chi connectivity index (χ2v) is 5.37. The van der Waals surface area contributed by atoms with E-state index >= 15 is 0 Å². The van der Waals surface area contributed by atoms with Crippen LogP contribution in [0.3, 0.4) is 0 Å². The number of hydrogen-bond acceptors (Lipinski definition) is 4. The molecule has 1 saturated carbocycles. The molecule has 0 amide bonds. The van der Waals surface area contributed by atoms with Gasteiger partial charge in [-0.2, -0.15) is 4.99 Å². The minimum atomic E-state index is -0.428. The van der Waals surface area contributed by atoms with E-state index in [0.29, 0.717) is 18.1 Å². The predicted molar refractivity (Wildman–Crippen MR) is 75.5 cm³/mol. The van der Waals surface area contributed by atoms with Crippen LogP contribution < -0.4 is 9.47 Å². The lowest BCUT2D eigenvalue weighted by Crippen LogP contribution is -2.31. The van der Waals surface area contributed by atoms with Crippen LogP contribution in [0.4, 0.5) is 0 Å². The van der Waals surface area contributed by atoms with Gasteiger partial charge in [0.25, 0.3) is 0 Å². The highest BCUT2D eigenvalue weighted by molar-refractivity contribution is 9.10. The SMILES string of the molecule is CCOc1cc(C2(N=C=O)CCC2)cc(Br)c1OC. The molecule has 0 unspecified atom stereocenters. The fourth-order valence-electron chi connectivity index (χ4n) is 2.36. The number of halogens is 1. The molecule has 0 heterocycles. The number of methoxy groups -OCH3 is 1. The van der Waals surface area contributed by atoms with Gasteiger partial charge in [-0.3, -0.25) is 0 Å². The number of benzene rings is 1. The Bertz CT molecular complexity index is 520. The zero-order chi connectivity index (χ0) is 13.9. The van der Waals surface area contributed by atoms with Crippen molar-refractivity contribution in [3.05, 3.63) is 22.2 Å². The summed E-state index contributed by atoms with van der Waals surface area (Å²) in [7, 11) is 1.60. The highest BCUT2D eigenvalue weighted by Crippen LogP contribution is 2.48. The Kier molecular flexibility index (Phi) is 4.27. The molecule has 1 aliphatic rings. The number of isocyanates is 1. The van der Waals surface area contributed by atoms with Crippen LogP contribution in [0.1, 0.15) is 31.7 Å². The summed E-state index contributed by atoms with van der Waals surface area (Å²) in [6, 6.07) is 3.86. The summed E-state index contributed by atoms with van der Waals surface area (Å²) in [4.78, 5) is 14.7. The van der Waals surface area contributed by atoms with Gasteiger partial charge in [0, 0.05) is 0 Å². The van der Waals surface area contributed by atoms with E-state index in [2.05, 4.69) is 20.9 Å². The summed E-state index contributed by atoms with van der Waals surface area (Å²) in [6.07, 6.45) is 4.50. The molecule has 1 aliphatic carbocycles. The Balaban J connectivity index is 2.49. The van der Waals surface area contributed by atoms with Gasteiger partial charge < -0.3 is 9.47 Å². The minimum absolute atomic E-state index is 0.428. The lowest BCUT2D eigenvalue weighted by atomic mass is 9.72. The normalized spacial score (nSPS) is 16.2. The third kappa shape index (κ3) is 2.53. The van der Waals surface area contributed by atoms with Gasteiger partial charge in [0.05, 0.1) is 23.7 Å². The van der Waals surface area contributed by atoms with Crippen LogP contribution in [0.25, 0.3) is 0 Å². The van der Waals surface area contributed by atoms with Crippen molar-refractivity contribution in [1.82, 2.24) is 0 Å². The maximum Gasteiger partial charge on any atom is 0.235 e. The van der Waals surface area contributed by atoms with Crippen LogP contribution in [0, 0.1) is 0 Å². The van der Waals surface area contributed by atoms with Crippen molar-refractivity contribution in [1.29, 1.82) is 0 Å². The number of carbonyl (C=O) groups excluding carboxylic acids is 1. The van der Waals surface area contributed by atoms with Gasteiger partial charge >= 0.3 is 0 Å². The molecule has 0 atom stereocenters. The van der Waals surface area contributed by atoms with E-state index in [1.165, 1.54) is 0 Å². The lowest BCUT2D eigenvalue weighted by Gasteiger charge is -2.37. The smallest absolute Gasteiger partial charge is 0.235 e. The highest BCUT2D eigenvalue weighted by Gasteiger charge is 2.39. The van der Waals surface area contributed by atoms with Crippen molar-refractivity contribution in [2.45, 2.75) is 31.7 Å². The molecule has 0 N–H and O–H groups in total. The molecule has 0 spiro atoms. The highest BCUT2D eigenvalue weighted by atomic mass is 79.9. The van der Waals surface area contributed by atoms with Gasteiger partial charge in [0.2, 0.25) is 6.08 Å². The Hall–Kier alpha value is -1.32. The van der Waals surface area contributed by atoms with E-state index in [0.717, 1.165) is 29.3 Å². The molecule has 1 aromatic carbocycles. The molecule has 0 saturated heterocycles. The number of rotatable bonds is 5. The first kappa shape index (κ1) is 14.1. The van der Waals surface area contributed by atoms with Crippen LogP contribution in [0.15, 0.2) is 21.6 Å².